The smallest absolute Gasteiger partial charge is 0.305 e. The van der Waals surface area contributed by atoms with E-state index in [1.54, 1.807) is 0 Å². The van der Waals surface area contributed by atoms with E-state index in [4.69, 9.17) is 22.3 Å². The minimum Gasteiger partial charge on any atom is -0.466 e. The van der Waals surface area contributed by atoms with Crippen molar-refractivity contribution in [1.29, 1.82) is 0 Å². The first-order valence-corrected chi connectivity index (χ1v) is 13.1. The maximum atomic E-state index is 11.8. The standard InChI is InChI=1S/C25H51BN2O4/c1-4-5-6-7-8-9-10-11-12-13-14-15-16-17-18-19-25(29)30-22-24(26)23-32-27-31-21-20-28(2)3/h24,27H,4-23H2,1-3H3. The van der Waals surface area contributed by atoms with E-state index in [1.807, 2.05) is 19.0 Å². The molecule has 0 aliphatic rings. The summed E-state index contributed by atoms with van der Waals surface area (Å²) in [6.45, 7) is 3.95. The summed E-state index contributed by atoms with van der Waals surface area (Å²) in [5.74, 6) is -0.546. The topological polar surface area (TPSA) is 60.0 Å². The van der Waals surface area contributed by atoms with Crippen molar-refractivity contribution in [3.63, 3.8) is 0 Å². The number of likely N-dealkylation sites (N-methyl/N-ethyl adjacent to an activating group) is 1. The summed E-state index contributed by atoms with van der Waals surface area (Å²) < 4.78 is 5.21. The molecule has 188 valence electrons. The van der Waals surface area contributed by atoms with Gasteiger partial charge in [-0.25, -0.2) is 0 Å². The second-order valence-corrected chi connectivity index (χ2v) is 9.19. The van der Waals surface area contributed by atoms with E-state index in [-0.39, 0.29) is 25.0 Å². The van der Waals surface area contributed by atoms with Crippen molar-refractivity contribution >= 4 is 13.8 Å². The van der Waals surface area contributed by atoms with Crippen LogP contribution in [0.25, 0.3) is 0 Å². The zero-order chi connectivity index (χ0) is 23.7. The molecule has 0 saturated carbocycles. The van der Waals surface area contributed by atoms with Crippen molar-refractivity contribution in [2.24, 2.45) is 0 Å². The Morgan fingerprint density at radius 1 is 0.781 bits per heavy atom. The number of carbonyl (C=O) groups excluding carboxylic acids is 1. The van der Waals surface area contributed by atoms with Crippen LogP contribution < -0.4 is 5.64 Å². The molecule has 6 nitrogen and oxygen atoms in total. The fraction of sp³-hybridized carbons (Fsp3) is 0.960. The summed E-state index contributed by atoms with van der Waals surface area (Å²) in [6.07, 6.45) is 20.2. The number of esters is 1. The molecule has 7 heteroatoms. The van der Waals surface area contributed by atoms with Gasteiger partial charge in [0.25, 0.3) is 0 Å². The Kier molecular flexibility index (Phi) is 24.5. The van der Waals surface area contributed by atoms with Crippen LogP contribution in [0.15, 0.2) is 0 Å². The Morgan fingerprint density at radius 3 is 1.78 bits per heavy atom. The van der Waals surface area contributed by atoms with Crippen molar-refractivity contribution < 1.29 is 19.2 Å². The average Bonchev–Trinajstić information content (AvgIpc) is 2.77. The second-order valence-electron chi connectivity index (χ2n) is 9.19. The molecule has 32 heavy (non-hydrogen) atoms. The van der Waals surface area contributed by atoms with Gasteiger partial charge in [0.1, 0.15) is 0 Å². The van der Waals surface area contributed by atoms with Gasteiger partial charge in [0.05, 0.1) is 27.7 Å². The van der Waals surface area contributed by atoms with Crippen molar-refractivity contribution in [2.45, 2.75) is 115 Å². The molecular formula is C25H51BN2O4. The van der Waals surface area contributed by atoms with Crippen LogP contribution in [0.4, 0.5) is 0 Å². The van der Waals surface area contributed by atoms with Gasteiger partial charge in [0.15, 0.2) is 0 Å². The quantitative estimate of drug-likeness (QED) is 0.0819. The summed E-state index contributed by atoms with van der Waals surface area (Å²) in [7, 11) is 9.80. The Bertz CT molecular complexity index is 400. The van der Waals surface area contributed by atoms with Gasteiger partial charge in [-0.3, -0.25) is 14.5 Å². The summed E-state index contributed by atoms with van der Waals surface area (Å²) in [5.41, 5.74) is 2.40. The molecule has 2 radical (unpaired) electrons. The number of hydrogen-bond donors (Lipinski definition) is 1. The first kappa shape index (κ1) is 31.4. The van der Waals surface area contributed by atoms with E-state index < -0.39 is 0 Å². The molecule has 0 spiro atoms. The number of nitrogens with one attached hydrogen (secondary N) is 1. The van der Waals surface area contributed by atoms with Crippen LogP contribution in [-0.4, -0.2) is 59.2 Å². The summed E-state index contributed by atoms with van der Waals surface area (Å²) >= 11 is 0. The number of rotatable bonds is 25. The molecule has 1 N–H and O–H groups in total. The van der Waals surface area contributed by atoms with E-state index in [1.165, 1.54) is 83.5 Å². The largest absolute Gasteiger partial charge is 0.466 e. The van der Waals surface area contributed by atoms with Crippen molar-refractivity contribution in [1.82, 2.24) is 10.5 Å². The lowest BCUT2D eigenvalue weighted by Crippen LogP contribution is -2.25. The Hall–Kier alpha value is -0.625. The molecule has 0 fully saturated rings. The zero-order valence-electron chi connectivity index (χ0n) is 21.4. The highest BCUT2D eigenvalue weighted by atomic mass is 16.9. The van der Waals surface area contributed by atoms with Gasteiger partial charge in [-0.2, -0.15) is 0 Å². The molecule has 0 aromatic carbocycles. The van der Waals surface area contributed by atoms with Crippen LogP contribution >= 0.6 is 0 Å². The zero-order valence-corrected chi connectivity index (χ0v) is 21.4. The van der Waals surface area contributed by atoms with E-state index in [0.29, 0.717) is 13.0 Å². The van der Waals surface area contributed by atoms with Crippen LogP contribution in [0, 0.1) is 0 Å². The average molecular weight is 455 g/mol. The van der Waals surface area contributed by atoms with Crippen molar-refractivity contribution in [2.75, 3.05) is 40.5 Å². The van der Waals surface area contributed by atoms with Gasteiger partial charge in [-0.15, -0.1) is 0 Å². The summed E-state index contributed by atoms with van der Waals surface area (Å²) in [5, 5.41) is 0. The first-order chi connectivity index (χ1) is 15.6. The molecule has 0 amide bonds. The van der Waals surface area contributed by atoms with Crippen LogP contribution in [0.2, 0.25) is 5.82 Å². The van der Waals surface area contributed by atoms with E-state index >= 15 is 0 Å². The van der Waals surface area contributed by atoms with Gasteiger partial charge in [-0.1, -0.05) is 102 Å². The molecule has 0 rings (SSSR count). The minimum atomic E-state index is -0.370. The van der Waals surface area contributed by atoms with E-state index in [9.17, 15) is 4.79 Å². The number of hydrogen-bond acceptors (Lipinski definition) is 6. The number of nitrogens with zero attached hydrogens (tertiary/aromatic N) is 1. The highest BCUT2D eigenvalue weighted by molar-refractivity contribution is 6.11. The van der Waals surface area contributed by atoms with Crippen LogP contribution in [-0.2, 0) is 19.2 Å². The maximum absolute atomic E-state index is 11.8. The monoisotopic (exact) mass is 454 g/mol. The third kappa shape index (κ3) is 25.6. The number of carbonyl (C=O) groups is 1. The van der Waals surface area contributed by atoms with Crippen molar-refractivity contribution in [3.8, 4) is 0 Å². The minimum absolute atomic E-state index is 0.164. The first-order valence-electron chi connectivity index (χ1n) is 13.1. The number of unbranched alkanes of at least 4 members (excludes halogenated alkanes) is 14. The lowest BCUT2D eigenvalue weighted by molar-refractivity contribution is -0.174. The molecule has 0 saturated heterocycles. The van der Waals surface area contributed by atoms with E-state index in [2.05, 4.69) is 12.6 Å². The van der Waals surface area contributed by atoms with Gasteiger partial charge >= 0.3 is 5.97 Å². The molecule has 0 aliphatic heterocycles. The van der Waals surface area contributed by atoms with Crippen LogP contribution in [0.5, 0.6) is 0 Å². The molecule has 1 atom stereocenters. The maximum Gasteiger partial charge on any atom is 0.305 e. The molecular weight excluding hydrogens is 403 g/mol. The van der Waals surface area contributed by atoms with Gasteiger partial charge in [-0.05, 0) is 26.3 Å². The highest BCUT2D eigenvalue weighted by Crippen LogP contribution is 2.14. The molecule has 1 unspecified atom stereocenters. The highest BCUT2D eigenvalue weighted by Gasteiger charge is 2.08. The van der Waals surface area contributed by atoms with Crippen molar-refractivity contribution in [3.05, 3.63) is 0 Å². The third-order valence-corrected chi connectivity index (χ3v) is 5.50. The molecule has 0 aromatic heterocycles. The van der Waals surface area contributed by atoms with Gasteiger partial charge in [0.2, 0.25) is 0 Å². The summed E-state index contributed by atoms with van der Waals surface area (Å²) in [6, 6.07) is 0. The molecule has 0 bridgehead atoms. The van der Waals surface area contributed by atoms with E-state index in [0.717, 1.165) is 19.4 Å². The normalized spacial score (nSPS) is 12.4. The second kappa shape index (κ2) is 25.0. The predicted octanol–water partition coefficient (Wildman–Crippen LogP) is 5.76. The fourth-order valence-corrected chi connectivity index (χ4v) is 3.41. The van der Waals surface area contributed by atoms with Crippen LogP contribution in [0.1, 0.15) is 110 Å². The lowest BCUT2D eigenvalue weighted by Gasteiger charge is -2.14. The molecule has 0 heterocycles. The predicted molar refractivity (Wildman–Crippen MR) is 134 cm³/mol. The SMILES string of the molecule is [B]C(CONOCCN(C)C)COC(=O)CCCCCCCCCCCCCCCCC. The third-order valence-electron chi connectivity index (χ3n) is 5.50. The molecule has 0 aromatic rings. The van der Waals surface area contributed by atoms with Gasteiger partial charge < -0.3 is 9.64 Å². The number of ether oxygens (including phenoxy) is 1. The fourth-order valence-electron chi connectivity index (χ4n) is 3.41. The van der Waals surface area contributed by atoms with Crippen LogP contribution in [0.3, 0.4) is 0 Å². The lowest BCUT2D eigenvalue weighted by atomic mass is 9.89. The Balaban J connectivity index is 3.27. The van der Waals surface area contributed by atoms with Gasteiger partial charge in [0, 0.05) is 13.0 Å². The molecule has 0 aliphatic carbocycles. The Labute approximate surface area is 199 Å². The summed E-state index contributed by atoms with van der Waals surface area (Å²) in [4.78, 5) is 24.0. The Morgan fingerprint density at radius 2 is 1.28 bits per heavy atom.